The Morgan fingerprint density at radius 1 is 1.21 bits per heavy atom. The smallest absolute Gasteiger partial charge is 0.210 e. The van der Waals surface area contributed by atoms with Crippen LogP contribution >= 0.6 is 27.3 Å². The Hall–Kier alpha value is -0.940. The van der Waals surface area contributed by atoms with Crippen molar-refractivity contribution in [3.8, 4) is 0 Å². The molecule has 0 saturated carbocycles. The molecule has 0 unspecified atom stereocenters. The minimum atomic E-state index is 0.824. The summed E-state index contributed by atoms with van der Waals surface area (Å²) in [6.45, 7) is 1.93. The molecule has 2 aromatic rings. The average molecular weight is 270 g/mol. The van der Waals surface area contributed by atoms with Gasteiger partial charge in [-0.1, -0.05) is 27.3 Å². The number of rotatable bonds is 2. The van der Waals surface area contributed by atoms with Gasteiger partial charge in [-0.2, -0.15) is 0 Å². The van der Waals surface area contributed by atoms with Crippen molar-refractivity contribution in [1.82, 2.24) is 10.2 Å². The van der Waals surface area contributed by atoms with Crippen LogP contribution in [0.5, 0.6) is 0 Å². The van der Waals surface area contributed by atoms with E-state index in [2.05, 4.69) is 31.4 Å². The van der Waals surface area contributed by atoms with Crippen molar-refractivity contribution in [3.05, 3.63) is 33.7 Å². The fourth-order valence-corrected chi connectivity index (χ4v) is 1.88. The van der Waals surface area contributed by atoms with Gasteiger partial charge in [-0.25, -0.2) is 0 Å². The van der Waals surface area contributed by atoms with Crippen LogP contribution in [0.15, 0.2) is 28.7 Å². The number of hydrogen-bond acceptors (Lipinski definition) is 4. The van der Waals surface area contributed by atoms with Gasteiger partial charge in [0, 0.05) is 10.2 Å². The topological polar surface area (TPSA) is 37.8 Å². The van der Waals surface area contributed by atoms with Gasteiger partial charge in [-0.05, 0) is 31.2 Å². The zero-order valence-electron chi connectivity index (χ0n) is 7.49. The van der Waals surface area contributed by atoms with Crippen LogP contribution in [0.25, 0.3) is 0 Å². The largest absolute Gasteiger partial charge is 0.330 e. The van der Waals surface area contributed by atoms with E-state index in [9.17, 15) is 0 Å². The Balaban J connectivity index is 2.15. The van der Waals surface area contributed by atoms with E-state index in [1.165, 1.54) is 0 Å². The predicted octanol–water partition coefficient (Wildman–Crippen LogP) is 3.35. The highest BCUT2D eigenvalue weighted by Crippen LogP contribution is 2.21. The fraction of sp³-hybridized carbons (Fsp3) is 0.111. The maximum atomic E-state index is 3.98. The summed E-state index contributed by atoms with van der Waals surface area (Å²) in [4.78, 5) is 0. The number of halogens is 1. The van der Waals surface area contributed by atoms with Crippen LogP contribution in [0.1, 0.15) is 5.01 Å². The van der Waals surface area contributed by atoms with Gasteiger partial charge in [0.2, 0.25) is 5.13 Å². The lowest BCUT2D eigenvalue weighted by Gasteiger charge is -2.00. The van der Waals surface area contributed by atoms with Crippen LogP contribution in [0.4, 0.5) is 10.8 Å². The first kappa shape index (κ1) is 9.61. The molecule has 3 nitrogen and oxygen atoms in total. The molecule has 0 spiro atoms. The summed E-state index contributed by atoms with van der Waals surface area (Å²) in [6, 6.07) is 7.94. The third-order valence-electron chi connectivity index (χ3n) is 1.62. The Labute approximate surface area is 94.3 Å². The fourth-order valence-electron chi connectivity index (χ4n) is 1.00. The summed E-state index contributed by atoms with van der Waals surface area (Å²) in [7, 11) is 0. The first-order valence-corrected chi connectivity index (χ1v) is 5.68. The van der Waals surface area contributed by atoms with Gasteiger partial charge < -0.3 is 5.32 Å². The van der Waals surface area contributed by atoms with Crippen LogP contribution < -0.4 is 5.32 Å². The van der Waals surface area contributed by atoms with Crippen molar-refractivity contribution < 1.29 is 0 Å². The van der Waals surface area contributed by atoms with Crippen molar-refractivity contribution in [2.45, 2.75) is 6.92 Å². The molecule has 0 atom stereocenters. The Bertz CT molecular complexity index is 424. The van der Waals surface area contributed by atoms with E-state index < -0.39 is 0 Å². The lowest BCUT2D eigenvalue weighted by atomic mass is 10.3. The molecule has 0 aliphatic heterocycles. The van der Waals surface area contributed by atoms with E-state index in [0.29, 0.717) is 0 Å². The lowest BCUT2D eigenvalue weighted by Crippen LogP contribution is -1.88. The van der Waals surface area contributed by atoms with Crippen LogP contribution in [0.2, 0.25) is 0 Å². The number of aromatic nitrogens is 2. The molecule has 5 heteroatoms. The highest BCUT2D eigenvalue weighted by molar-refractivity contribution is 9.10. The molecule has 72 valence electrons. The second kappa shape index (κ2) is 4.06. The van der Waals surface area contributed by atoms with Crippen LogP contribution in [-0.4, -0.2) is 10.2 Å². The molecule has 0 amide bonds. The van der Waals surface area contributed by atoms with Crippen molar-refractivity contribution in [2.24, 2.45) is 0 Å². The zero-order chi connectivity index (χ0) is 9.97. The lowest BCUT2D eigenvalue weighted by molar-refractivity contribution is 1.05. The van der Waals surface area contributed by atoms with Gasteiger partial charge in [0.05, 0.1) is 0 Å². The first-order chi connectivity index (χ1) is 6.74. The minimum Gasteiger partial charge on any atom is -0.330 e. The van der Waals surface area contributed by atoms with Gasteiger partial charge >= 0.3 is 0 Å². The van der Waals surface area contributed by atoms with Crippen LogP contribution in [0, 0.1) is 6.92 Å². The van der Waals surface area contributed by atoms with E-state index in [-0.39, 0.29) is 0 Å². The first-order valence-electron chi connectivity index (χ1n) is 4.07. The summed E-state index contributed by atoms with van der Waals surface area (Å²) in [5, 5.41) is 12.9. The molecule has 0 aliphatic rings. The Morgan fingerprint density at radius 2 is 1.93 bits per heavy atom. The van der Waals surface area contributed by atoms with E-state index >= 15 is 0 Å². The van der Waals surface area contributed by atoms with Gasteiger partial charge in [0.25, 0.3) is 0 Å². The summed E-state index contributed by atoms with van der Waals surface area (Å²) >= 11 is 4.92. The number of hydrogen-bond donors (Lipinski definition) is 1. The van der Waals surface area contributed by atoms with Gasteiger partial charge in [-0.3, -0.25) is 0 Å². The number of nitrogens with one attached hydrogen (secondary N) is 1. The second-order valence-corrected chi connectivity index (χ2v) is 4.86. The molecular weight excluding hydrogens is 262 g/mol. The maximum absolute atomic E-state index is 3.98. The number of nitrogens with zero attached hydrogens (tertiary/aromatic N) is 2. The SMILES string of the molecule is Cc1nnc(Nc2ccc(Br)cc2)s1. The number of benzene rings is 1. The normalized spacial score (nSPS) is 10.1. The van der Waals surface area contributed by atoms with Crippen molar-refractivity contribution >= 4 is 38.1 Å². The number of anilines is 2. The number of aryl methyl sites for hydroxylation is 1. The molecule has 1 aromatic carbocycles. The molecule has 14 heavy (non-hydrogen) atoms. The zero-order valence-corrected chi connectivity index (χ0v) is 9.89. The van der Waals surface area contributed by atoms with Gasteiger partial charge in [-0.15, -0.1) is 10.2 Å². The van der Waals surface area contributed by atoms with Crippen LogP contribution in [-0.2, 0) is 0 Å². The van der Waals surface area contributed by atoms with Gasteiger partial charge in [0.1, 0.15) is 5.01 Å². The molecule has 0 saturated heterocycles. The molecule has 0 aliphatic carbocycles. The third kappa shape index (κ3) is 2.30. The molecule has 0 radical (unpaired) electrons. The molecule has 1 heterocycles. The molecule has 1 aromatic heterocycles. The highest BCUT2D eigenvalue weighted by atomic mass is 79.9. The Morgan fingerprint density at radius 3 is 2.50 bits per heavy atom. The van der Waals surface area contributed by atoms with Gasteiger partial charge in [0.15, 0.2) is 0 Å². The molecule has 2 rings (SSSR count). The maximum Gasteiger partial charge on any atom is 0.210 e. The van der Waals surface area contributed by atoms with Crippen molar-refractivity contribution in [3.63, 3.8) is 0 Å². The third-order valence-corrected chi connectivity index (χ3v) is 2.90. The van der Waals surface area contributed by atoms with Crippen LogP contribution in [0.3, 0.4) is 0 Å². The second-order valence-electron chi connectivity index (χ2n) is 2.76. The highest BCUT2D eigenvalue weighted by Gasteiger charge is 1.99. The Kier molecular flexibility index (Phi) is 2.79. The molecule has 0 bridgehead atoms. The van der Waals surface area contributed by atoms with Crippen molar-refractivity contribution in [1.29, 1.82) is 0 Å². The monoisotopic (exact) mass is 269 g/mol. The quantitative estimate of drug-likeness (QED) is 0.909. The van der Waals surface area contributed by atoms with E-state index in [0.717, 1.165) is 20.3 Å². The molecule has 0 fully saturated rings. The predicted molar refractivity (Wildman–Crippen MR) is 62.1 cm³/mol. The summed E-state index contributed by atoms with van der Waals surface area (Å²) in [6.07, 6.45) is 0. The molecular formula is C9H8BrN3S. The summed E-state index contributed by atoms with van der Waals surface area (Å²) < 4.78 is 1.07. The summed E-state index contributed by atoms with van der Waals surface area (Å²) in [5.74, 6) is 0. The van der Waals surface area contributed by atoms with E-state index in [1.54, 1.807) is 11.3 Å². The minimum absolute atomic E-state index is 0.824. The molecule has 1 N–H and O–H groups in total. The van der Waals surface area contributed by atoms with E-state index in [1.807, 2.05) is 31.2 Å². The standard InChI is InChI=1S/C9H8BrN3S/c1-6-12-13-9(14-6)11-8-4-2-7(10)3-5-8/h2-5H,1H3,(H,11,13). The average Bonchev–Trinajstić information content (AvgIpc) is 2.56. The van der Waals surface area contributed by atoms with E-state index in [4.69, 9.17) is 0 Å². The van der Waals surface area contributed by atoms with Crippen molar-refractivity contribution in [2.75, 3.05) is 5.32 Å². The summed E-state index contributed by atoms with van der Waals surface area (Å²) in [5.41, 5.74) is 1.02.